The second kappa shape index (κ2) is 6.92. The van der Waals surface area contributed by atoms with Crippen LogP contribution in [0.15, 0.2) is 42.6 Å². The fourth-order valence-corrected chi connectivity index (χ4v) is 3.40. The topological polar surface area (TPSA) is 77.6 Å². The lowest BCUT2D eigenvalue weighted by molar-refractivity contribution is 0.0952. The molecule has 3 aromatic heterocycles. The number of fused-ring (bicyclic) bond motifs is 1. The Hall–Kier alpha value is -3.48. The Kier molecular flexibility index (Phi) is 4.43. The van der Waals surface area contributed by atoms with E-state index in [1.165, 1.54) is 0 Å². The number of rotatable bonds is 4. The van der Waals surface area contributed by atoms with Gasteiger partial charge in [-0.05, 0) is 19.9 Å². The van der Waals surface area contributed by atoms with Gasteiger partial charge in [0.25, 0.3) is 5.91 Å². The quantitative estimate of drug-likeness (QED) is 0.596. The highest BCUT2D eigenvalue weighted by Gasteiger charge is 2.18. The van der Waals surface area contributed by atoms with Crippen LogP contribution in [-0.2, 0) is 20.6 Å². The first-order valence-electron chi connectivity index (χ1n) is 9.11. The molecule has 7 nitrogen and oxygen atoms in total. The third-order valence-electron chi connectivity index (χ3n) is 5.10. The van der Waals surface area contributed by atoms with E-state index in [1.807, 2.05) is 69.0 Å². The molecule has 0 fully saturated rings. The van der Waals surface area contributed by atoms with Crippen LogP contribution < -0.4 is 5.32 Å². The smallest absolute Gasteiger partial charge is 0.252 e. The predicted octanol–water partition coefficient (Wildman–Crippen LogP) is 2.92. The average molecular weight is 374 g/mol. The number of benzene rings is 1. The number of hydrogen-bond donors (Lipinski definition) is 1. The van der Waals surface area contributed by atoms with Crippen molar-refractivity contribution in [3.05, 3.63) is 65.1 Å². The maximum atomic E-state index is 13.1. The van der Waals surface area contributed by atoms with Gasteiger partial charge in [0, 0.05) is 37.5 Å². The number of nitrogens with one attached hydrogen (secondary N) is 1. The van der Waals surface area contributed by atoms with Crippen molar-refractivity contribution in [3.63, 3.8) is 0 Å². The maximum absolute atomic E-state index is 13.1. The van der Waals surface area contributed by atoms with Crippen LogP contribution in [0, 0.1) is 13.8 Å². The van der Waals surface area contributed by atoms with E-state index in [0.29, 0.717) is 17.8 Å². The summed E-state index contributed by atoms with van der Waals surface area (Å²) in [7, 11) is 3.73. The van der Waals surface area contributed by atoms with Gasteiger partial charge in [0.05, 0.1) is 28.5 Å². The molecule has 0 bridgehead atoms. The van der Waals surface area contributed by atoms with Crippen LogP contribution in [-0.4, -0.2) is 30.5 Å². The summed E-state index contributed by atoms with van der Waals surface area (Å²) in [5.74, 6) is -0.153. The second-order valence-electron chi connectivity index (χ2n) is 6.88. The summed E-state index contributed by atoms with van der Waals surface area (Å²) in [6.45, 7) is 4.38. The summed E-state index contributed by atoms with van der Waals surface area (Å²) in [5, 5.41) is 12.5. The van der Waals surface area contributed by atoms with Crippen LogP contribution in [0.1, 0.15) is 27.3 Å². The first-order valence-corrected chi connectivity index (χ1v) is 9.11. The SMILES string of the molecule is Cc1nn(C)c(C)c1CNC(=O)c1cc(-c2ccccc2)nc2c1cnn2C. The maximum Gasteiger partial charge on any atom is 0.252 e. The lowest BCUT2D eigenvalue weighted by Crippen LogP contribution is -2.24. The van der Waals surface area contributed by atoms with E-state index in [4.69, 9.17) is 4.98 Å². The van der Waals surface area contributed by atoms with E-state index in [2.05, 4.69) is 15.5 Å². The Morgan fingerprint density at radius 2 is 1.86 bits per heavy atom. The number of hydrogen-bond acceptors (Lipinski definition) is 4. The van der Waals surface area contributed by atoms with Crippen molar-refractivity contribution in [2.24, 2.45) is 14.1 Å². The van der Waals surface area contributed by atoms with Crippen LogP contribution in [0.4, 0.5) is 0 Å². The van der Waals surface area contributed by atoms with Crippen molar-refractivity contribution in [1.29, 1.82) is 0 Å². The van der Waals surface area contributed by atoms with E-state index in [0.717, 1.165) is 33.6 Å². The molecule has 0 aliphatic rings. The van der Waals surface area contributed by atoms with Crippen molar-refractivity contribution in [3.8, 4) is 11.3 Å². The van der Waals surface area contributed by atoms with Crippen molar-refractivity contribution >= 4 is 16.9 Å². The van der Waals surface area contributed by atoms with Crippen molar-refractivity contribution in [2.45, 2.75) is 20.4 Å². The van der Waals surface area contributed by atoms with Gasteiger partial charge in [-0.25, -0.2) is 4.98 Å². The van der Waals surface area contributed by atoms with Gasteiger partial charge >= 0.3 is 0 Å². The van der Waals surface area contributed by atoms with E-state index >= 15 is 0 Å². The molecule has 0 saturated carbocycles. The Bertz CT molecular complexity index is 1170. The van der Waals surface area contributed by atoms with Crippen LogP contribution >= 0.6 is 0 Å². The zero-order chi connectivity index (χ0) is 19.8. The third-order valence-corrected chi connectivity index (χ3v) is 5.10. The highest BCUT2D eigenvalue weighted by Crippen LogP contribution is 2.24. The van der Waals surface area contributed by atoms with Crippen molar-refractivity contribution in [2.75, 3.05) is 0 Å². The molecule has 3 heterocycles. The molecule has 7 heteroatoms. The fourth-order valence-electron chi connectivity index (χ4n) is 3.40. The van der Waals surface area contributed by atoms with Gasteiger partial charge in [0.2, 0.25) is 0 Å². The number of carbonyl (C=O) groups excluding carboxylic acids is 1. The van der Waals surface area contributed by atoms with Gasteiger partial charge in [0.1, 0.15) is 0 Å². The van der Waals surface area contributed by atoms with Gasteiger partial charge < -0.3 is 5.32 Å². The second-order valence-corrected chi connectivity index (χ2v) is 6.88. The number of pyridine rings is 1. The van der Waals surface area contributed by atoms with Crippen LogP contribution in [0.3, 0.4) is 0 Å². The van der Waals surface area contributed by atoms with Crippen molar-refractivity contribution in [1.82, 2.24) is 29.9 Å². The van der Waals surface area contributed by atoms with Crippen LogP contribution in [0.2, 0.25) is 0 Å². The number of aryl methyl sites for hydroxylation is 3. The minimum Gasteiger partial charge on any atom is -0.348 e. The molecule has 142 valence electrons. The molecular formula is C21H22N6O. The molecule has 1 N–H and O–H groups in total. The molecule has 4 aromatic rings. The number of amides is 1. The number of carbonyl (C=O) groups is 1. The molecule has 0 atom stereocenters. The lowest BCUT2D eigenvalue weighted by Gasteiger charge is -2.09. The first-order chi connectivity index (χ1) is 13.5. The van der Waals surface area contributed by atoms with Crippen molar-refractivity contribution < 1.29 is 4.79 Å². The van der Waals surface area contributed by atoms with Gasteiger partial charge in [-0.1, -0.05) is 30.3 Å². The van der Waals surface area contributed by atoms with Gasteiger partial charge in [-0.3, -0.25) is 14.2 Å². The Labute approximate surface area is 163 Å². The highest BCUT2D eigenvalue weighted by atomic mass is 16.1. The lowest BCUT2D eigenvalue weighted by atomic mass is 10.1. The highest BCUT2D eigenvalue weighted by molar-refractivity contribution is 6.06. The molecule has 4 rings (SSSR count). The summed E-state index contributed by atoms with van der Waals surface area (Å²) >= 11 is 0. The average Bonchev–Trinajstić information content (AvgIpc) is 3.19. The summed E-state index contributed by atoms with van der Waals surface area (Å²) in [6, 6.07) is 11.7. The zero-order valence-corrected chi connectivity index (χ0v) is 16.4. The Morgan fingerprint density at radius 3 is 2.54 bits per heavy atom. The number of aromatic nitrogens is 5. The summed E-state index contributed by atoms with van der Waals surface area (Å²) in [5.41, 5.74) is 5.96. The molecule has 0 saturated heterocycles. The first kappa shape index (κ1) is 17.9. The van der Waals surface area contributed by atoms with Gasteiger partial charge in [0.15, 0.2) is 5.65 Å². The van der Waals surface area contributed by atoms with E-state index in [-0.39, 0.29) is 5.91 Å². The molecule has 0 radical (unpaired) electrons. The minimum absolute atomic E-state index is 0.153. The molecule has 0 aliphatic heterocycles. The summed E-state index contributed by atoms with van der Waals surface area (Å²) < 4.78 is 3.52. The Balaban J connectivity index is 1.72. The molecule has 28 heavy (non-hydrogen) atoms. The molecule has 1 amide bonds. The predicted molar refractivity (Wildman–Crippen MR) is 108 cm³/mol. The molecule has 1 aromatic carbocycles. The Morgan fingerprint density at radius 1 is 1.11 bits per heavy atom. The number of nitrogens with zero attached hydrogens (tertiary/aromatic N) is 5. The normalized spacial score (nSPS) is 11.1. The van der Waals surface area contributed by atoms with Crippen LogP contribution in [0.25, 0.3) is 22.3 Å². The zero-order valence-electron chi connectivity index (χ0n) is 16.4. The van der Waals surface area contributed by atoms with Crippen LogP contribution in [0.5, 0.6) is 0 Å². The van der Waals surface area contributed by atoms with E-state index < -0.39 is 0 Å². The summed E-state index contributed by atoms with van der Waals surface area (Å²) in [4.78, 5) is 17.8. The molecule has 0 aliphatic carbocycles. The van der Waals surface area contributed by atoms with Gasteiger partial charge in [-0.15, -0.1) is 0 Å². The monoisotopic (exact) mass is 374 g/mol. The third kappa shape index (κ3) is 3.05. The summed E-state index contributed by atoms with van der Waals surface area (Å²) in [6.07, 6.45) is 1.69. The standard InChI is InChI=1S/C21H22N6O/c1-13-17(14(2)26(3)25-13)11-22-21(28)16-10-19(15-8-6-5-7-9-15)24-20-18(16)12-23-27(20)4/h5-10,12H,11H2,1-4H3,(H,22,28). The molecular weight excluding hydrogens is 352 g/mol. The van der Waals surface area contributed by atoms with E-state index in [9.17, 15) is 4.79 Å². The largest absolute Gasteiger partial charge is 0.348 e. The minimum atomic E-state index is -0.153. The fraction of sp³-hybridized carbons (Fsp3) is 0.238. The molecule has 0 unspecified atom stereocenters. The van der Waals surface area contributed by atoms with E-state index in [1.54, 1.807) is 10.9 Å². The van der Waals surface area contributed by atoms with Gasteiger partial charge in [-0.2, -0.15) is 10.2 Å². The molecule has 0 spiro atoms.